The zero-order valence-corrected chi connectivity index (χ0v) is 6.51. The first-order valence-corrected chi connectivity index (χ1v) is 3.29. The minimum Gasteiger partial charge on any atom is -0.422 e. The van der Waals surface area contributed by atoms with E-state index in [1.54, 1.807) is 0 Å². The van der Waals surface area contributed by atoms with Gasteiger partial charge in [0.2, 0.25) is 0 Å². The number of cyclic esters (lactones) is 1. The summed E-state index contributed by atoms with van der Waals surface area (Å²) in [6.07, 6.45) is 2.51. The maximum absolute atomic E-state index is 10.6. The summed E-state index contributed by atoms with van der Waals surface area (Å²) in [5.74, 6) is -0.595. The number of carbonyl (C=O) groups is 2. The Morgan fingerprint density at radius 2 is 2.36 bits per heavy atom. The molecular formula is C7H5ClO3. The third-order valence-corrected chi connectivity index (χ3v) is 1.28. The molecule has 0 atom stereocenters. The van der Waals surface area contributed by atoms with Crippen LogP contribution in [0.25, 0.3) is 0 Å². The first-order valence-electron chi connectivity index (χ1n) is 2.91. The summed E-state index contributed by atoms with van der Waals surface area (Å²) in [5, 5.41) is -0.00231. The van der Waals surface area contributed by atoms with Crippen molar-refractivity contribution < 1.29 is 14.3 Å². The molecule has 11 heavy (non-hydrogen) atoms. The van der Waals surface area contributed by atoms with Gasteiger partial charge in [-0.3, -0.25) is 4.79 Å². The van der Waals surface area contributed by atoms with Crippen LogP contribution < -0.4 is 0 Å². The van der Waals surface area contributed by atoms with Gasteiger partial charge in [-0.05, 0) is 6.92 Å². The number of carbonyl (C=O) groups excluding carboxylic acids is 2. The molecule has 1 aliphatic heterocycles. The largest absolute Gasteiger partial charge is 0.422 e. The Morgan fingerprint density at radius 3 is 2.73 bits per heavy atom. The highest BCUT2D eigenvalue weighted by Crippen LogP contribution is 2.19. The van der Waals surface area contributed by atoms with Gasteiger partial charge >= 0.3 is 5.97 Å². The van der Waals surface area contributed by atoms with Gasteiger partial charge in [-0.25, -0.2) is 4.79 Å². The van der Waals surface area contributed by atoms with Crippen LogP contribution in [0.3, 0.4) is 0 Å². The van der Waals surface area contributed by atoms with Crippen molar-refractivity contribution in [2.75, 3.05) is 0 Å². The summed E-state index contributed by atoms with van der Waals surface area (Å²) < 4.78 is 4.56. The first-order chi connectivity index (χ1) is 5.09. The number of ether oxygens (including phenoxy) is 1. The fourth-order valence-electron chi connectivity index (χ4n) is 0.641. The molecule has 1 rings (SSSR count). The van der Waals surface area contributed by atoms with Crippen LogP contribution in [0.1, 0.15) is 6.92 Å². The molecule has 0 saturated heterocycles. The lowest BCUT2D eigenvalue weighted by atomic mass is 10.3. The van der Waals surface area contributed by atoms with Crippen molar-refractivity contribution in [1.82, 2.24) is 0 Å². The first kappa shape index (κ1) is 8.01. The van der Waals surface area contributed by atoms with Crippen molar-refractivity contribution in [1.29, 1.82) is 0 Å². The van der Waals surface area contributed by atoms with Crippen LogP contribution in [-0.2, 0) is 14.3 Å². The van der Waals surface area contributed by atoms with Crippen LogP contribution in [0.4, 0.5) is 0 Å². The van der Waals surface area contributed by atoms with E-state index < -0.39 is 5.97 Å². The zero-order chi connectivity index (χ0) is 8.43. The van der Waals surface area contributed by atoms with E-state index >= 15 is 0 Å². The van der Waals surface area contributed by atoms with Crippen LogP contribution in [0.5, 0.6) is 0 Å². The Morgan fingerprint density at radius 1 is 1.73 bits per heavy atom. The summed E-state index contributed by atoms with van der Waals surface area (Å²) >= 11 is 5.38. The van der Waals surface area contributed by atoms with Gasteiger partial charge in [-0.15, -0.1) is 0 Å². The molecule has 1 heterocycles. The minimum atomic E-state index is -0.612. The maximum atomic E-state index is 10.6. The van der Waals surface area contributed by atoms with Gasteiger partial charge in [0.25, 0.3) is 0 Å². The number of hydrogen-bond acceptors (Lipinski definition) is 3. The molecule has 0 bridgehead atoms. The predicted molar refractivity (Wildman–Crippen MR) is 38.8 cm³/mol. The molecule has 4 heteroatoms. The standard InChI is InChI=1S/C7H5ClO3/c1-4(9)2-5-3-6(8)7(10)11-5/h2-3H,1H3/b5-2-. The quantitative estimate of drug-likeness (QED) is 0.440. The van der Waals surface area contributed by atoms with E-state index in [0.717, 1.165) is 0 Å². The smallest absolute Gasteiger partial charge is 0.355 e. The molecule has 58 valence electrons. The molecule has 0 aromatic rings. The molecule has 0 aromatic carbocycles. The lowest BCUT2D eigenvalue weighted by molar-refractivity contribution is -0.132. The van der Waals surface area contributed by atoms with E-state index in [4.69, 9.17) is 11.6 Å². The van der Waals surface area contributed by atoms with Gasteiger partial charge in [0.15, 0.2) is 5.78 Å². The van der Waals surface area contributed by atoms with E-state index in [1.807, 2.05) is 0 Å². The van der Waals surface area contributed by atoms with Crippen molar-refractivity contribution in [3.05, 3.63) is 22.9 Å². The molecule has 0 amide bonds. The number of rotatable bonds is 1. The van der Waals surface area contributed by atoms with Crippen molar-refractivity contribution in [2.24, 2.45) is 0 Å². The van der Waals surface area contributed by atoms with Crippen LogP contribution >= 0.6 is 11.6 Å². The van der Waals surface area contributed by atoms with E-state index in [2.05, 4.69) is 4.74 Å². The highest BCUT2D eigenvalue weighted by molar-refractivity contribution is 6.42. The average molecular weight is 173 g/mol. The Kier molecular flexibility index (Phi) is 2.10. The minimum absolute atomic E-state index is 0.00231. The van der Waals surface area contributed by atoms with Crippen molar-refractivity contribution >= 4 is 23.4 Å². The third kappa shape index (κ3) is 1.91. The Hall–Kier alpha value is -1.09. The Labute approximate surface area is 68.3 Å². The Bertz CT molecular complexity index is 275. The van der Waals surface area contributed by atoms with Gasteiger partial charge < -0.3 is 4.74 Å². The molecule has 1 aliphatic rings. The summed E-state index contributed by atoms with van der Waals surface area (Å²) in [4.78, 5) is 21.1. The zero-order valence-electron chi connectivity index (χ0n) is 5.76. The third-order valence-electron chi connectivity index (χ3n) is 1.02. The van der Waals surface area contributed by atoms with Gasteiger partial charge in [0.05, 0.1) is 0 Å². The number of halogens is 1. The highest BCUT2D eigenvalue weighted by Gasteiger charge is 2.18. The molecule has 0 spiro atoms. The second kappa shape index (κ2) is 2.88. The number of hydrogen-bond donors (Lipinski definition) is 0. The highest BCUT2D eigenvalue weighted by atomic mass is 35.5. The van der Waals surface area contributed by atoms with E-state index in [1.165, 1.54) is 19.1 Å². The van der Waals surface area contributed by atoms with Crippen LogP contribution in [0.15, 0.2) is 22.9 Å². The normalized spacial score (nSPS) is 20.0. The summed E-state index contributed by atoms with van der Waals surface area (Å²) in [7, 11) is 0. The summed E-state index contributed by atoms with van der Waals surface area (Å²) in [5.41, 5.74) is 0. The van der Waals surface area contributed by atoms with Crippen molar-refractivity contribution in [3.8, 4) is 0 Å². The van der Waals surface area contributed by atoms with Gasteiger partial charge in [0, 0.05) is 12.2 Å². The fourth-order valence-corrected chi connectivity index (χ4v) is 0.787. The number of esters is 1. The molecule has 0 saturated carbocycles. The molecule has 0 fully saturated rings. The van der Waals surface area contributed by atoms with Crippen LogP contribution in [-0.4, -0.2) is 11.8 Å². The lowest BCUT2D eigenvalue weighted by Gasteiger charge is -1.91. The molecule has 0 radical (unpaired) electrons. The van der Waals surface area contributed by atoms with E-state index in [9.17, 15) is 9.59 Å². The van der Waals surface area contributed by atoms with Crippen molar-refractivity contribution in [2.45, 2.75) is 6.92 Å². The van der Waals surface area contributed by atoms with Crippen molar-refractivity contribution in [3.63, 3.8) is 0 Å². The second-order valence-corrected chi connectivity index (χ2v) is 2.45. The molecule has 3 nitrogen and oxygen atoms in total. The maximum Gasteiger partial charge on any atom is 0.355 e. The molecule has 0 N–H and O–H groups in total. The lowest BCUT2D eigenvalue weighted by Crippen LogP contribution is -1.94. The molecule has 0 unspecified atom stereocenters. The SMILES string of the molecule is CC(=O)/C=C1/C=C(Cl)C(=O)O1. The van der Waals surface area contributed by atoms with Gasteiger partial charge in [-0.2, -0.15) is 0 Å². The van der Waals surface area contributed by atoms with E-state index in [0.29, 0.717) is 0 Å². The Balaban J connectivity index is 2.83. The predicted octanol–water partition coefficient (Wildman–Crippen LogP) is 1.14. The van der Waals surface area contributed by atoms with Crippen LogP contribution in [0, 0.1) is 0 Å². The number of allylic oxidation sites excluding steroid dienone is 2. The second-order valence-electron chi connectivity index (χ2n) is 2.04. The van der Waals surface area contributed by atoms with Gasteiger partial charge in [0.1, 0.15) is 10.8 Å². The van der Waals surface area contributed by atoms with Gasteiger partial charge in [-0.1, -0.05) is 11.6 Å². The molecular weight excluding hydrogens is 168 g/mol. The summed E-state index contributed by atoms with van der Waals surface area (Å²) in [6, 6.07) is 0. The number of ketones is 1. The van der Waals surface area contributed by atoms with E-state index in [-0.39, 0.29) is 16.6 Å². The molecule has 0 aliphatic carbocycles. The average Bonchev–Trinajstić information content (AvgIpc) is 2.10. The molecule has 0 aromatic heterocycles. The monoisotopic (exact) mass is 172 g/mol. The topological polar surface area (TPSA) is 43.4 Å². The summed E-state index contributed by atoms with van der Waals surface area (Å²) in [6.45, 7) is 1.36. The van der Waals surface area contributed by atoms with Crippen LogP contribution in [0.2, 0.25) is 0 Å². The fraction of sp³-hybridized carbons (Fsp3) is 0.143.